The fourth-order valence-corrected chi connectivity index (χ4v) is 4.12. The Hall–Kier alpha value is -2.33. The predicted octanol–water partition coefficient (Wildman–Crippen LogP) is 7.30. The lowest BCUT2D eigenvalue weighted by atomic mass is 10.0. The molecular formula is C30H46NO3+. The van der Waals surface area contributed by atoms with Crippen LogP contribution in [-0.4, -0.2) is 36.9 Å². The standard InChI is InChI=1S/C30H46NO3/c1-6-8-9-10-11-13-18-26-21-16-22-28(23-26)33-29(17-7-2)34-30(32)25(3)31(4,5)24-27-19-14-12-15-20-27/h12,14-16,19-23,25,29H,6-11,13,17-18,24H2,1-5H3/q+1. The monoisotopic (exact) mass is 468 g/mol. The van der Waals surface area contributed by atoms with Crippen LogP contribution in [0.4, 0.5) is 0 Å². The maximum absolute atomic E-state index is 13.1. The highest BCUT2D eigenvalue weighted by Gasteiger charge is 2.34. The van der Waals surface area contributed by atoms with Crippen molar-refractivity contribution in [3.8, 4) is 5.75 Å². The fraction of sp³-hybridized carbons (Fsp3) is 0.567. The zero-order chi connectivity index (χ0) is 24.8. The Labute approximate surface area is 207 Å². The third-order valence-corrected chi connectivity index (χ3v) is 6.58. The van der Waals surface area contributed by atoms with Crippen LogP contribution in [0.2, 0.25) is 0 Å². The molecule has 0 N–H and O–H groups in total. The van der Waals surface area contributed by atoms with E-state index in [4.69, 9.17) is 9.47 Å². The average molecular weight is 469 g/mol. The van der Waals surface area contributed by atoms with Crippen molar-refractivity contribution in [2.24, 2.45) is 0 Å². The molecule has 188 valence electrons. The number of unbranched alkanes of at least 4 members (excludes halogenated alkanes) is 5. The minimum Gasteiger partial charge on any atom is -0.455 e. The Bertz CT molecular complexity index is 834. The van der Waals surface area contributed by atoms with E-state index in [9.17, 15) is 4.79 Å². The number of carbonyl (C=O) groups excluding carboxylic acids is 1. The van der Waals surface area contributed by atoms with E-state index in [2.05, 4.69) is 52.2 Å². The molecule has 2 aromatic rings. The summed E-state index contributed by atoms with van der Waals surface area (Å²) in [7, 11) is 4.14. The maximum Gasteiger partial charge on any atom is 0.367 e. The van der Waals surface area contributed by atoms with Gasteiger partial charge in [0.1, 0.15) is 12.3 Å². The number of benzene rings is 2. The van der Waals surface area contributed by atoms with Gasteiger partial charge < -0.3 is 14.0 Å². The zero-order valence-corrected chi connectivity index (χ0v) is 22.1. The number of quaternary nitrogens is 1. The van der Waals surface area contributed by atoms with Crippen molar-refractivity contribution in [3.63, 3.8) is 0 Å². The number of hydrogen-bond donors (Lipinski definition) is 0. The summed E-state index contributed by atoms with van der Waals surface area (Å²) in [4.78, 5) is 13.1. The summed E-state index contributed by atoms with van der Waals surface area (Å²) in [5, 5.41) is 0. The molecule has 0 fully saturated rings. The highest BCUT2D eigenvalue weighted by molar-refractivity contribution is 5.74. The second-order valence-electron chi connectivity index (χ2n) is 10.0. The summed E-state index contributed by atoms with van der Waals surface area (Å²) in [6, 6.07) is 18.2. The van der Waals surface area contributed by atoms with Gasteiger partial charge in [-0.25, -0.2) is 4.79 Å². The number of rotatable bonds is 16. The van der Waals surface area contributed by atoms with Crippen LogP contribution in [0.3, 0.4) is 0 Å². The molecule has 4 heteroatoms. The summed E-state index contributed by atoms with van der Waals surface area (Å²) in [6.45, 7) is 7.03. The highest BCUT2D eigenvalue weighted by atomic mass is 16.7. The molecule has 0 amide bonds. The number of hydrogen-bond acceptors (Lipinski definition) is 3. The lowest BCUT2D eigenvalue weighted by Gasteiger charge is -2.35. The molecule has 0 aliphatic carbocycles. The number of aryl methyl sites for hydroxylation is 1. The molecule has 2 unspecified atom stereocenters. The molecule has 4 nitrogen and oxygen atoms in total. The van der Waals surface area contributed by atoms with Crippen LogP contribution in [0, 0.1) is 0 Å². The molecule has 0 aliphatic heterocycles. The summed E-state index contributed by atoms with van der Waals surface area (Å²) < 4.78 is 12.6. The number of carbonyl (C=O) groups is 1. The van der Waals surface area contributed by atoms with Gasteiger partial charge >= 0.3 is 5.97 Å². The molecule has 0 bridgehead atoms. The van der Waals surface area contributed by atoms with E-state index >= 15 is 0 Å². The van der Waals surface area contributed by atoms with Crippen LogP contribution in [0.15, 0.2) is 54.6 Å². The van der Waals surface area contributed by atoms with E-state index in [1.807, 2.05) is 37.3 Å². The van der Waals surface area contributed by atoms with Crippen LogP contribution in [0.1, 0.15) is 83.3 Å². The van der Waals surface area contributed by atoms with Crippen LogP contribution >= 0.6 is 0 Å². The van der Waals surface area contributed by atoms with E-state index in [0.717, 1.165) is 25.1 Å². The van der Waals surface area contributed by atoms with Crippen LogP contribution in [0.25, 0.3) is 0 Å². The first-order valence-corrected chi connectivity index (χ1v) is 13.2. The zero-order valence-electron chi connectivity index (χ0n) is 22.1. The third-order valence-electron chi connectivity index (χ3n) is 6.58. The van der Waals surface area contributed by atoms with Crippen molar-refractivity contribution in [1.82, 2.24) is 0 Å². The van der Waals surface area contributed by atoms with Crippen LogP contribution < -0.4 is 4.74 Å². The second kappa shape index (κ2) is 14.8. The van der Waals surface area contributed by atoms with Gasteiger partial charge in [-0.1, -0.05) is 88.4 Å². The van der Waals surface area contributed by atoms with E-state index in [0.29, 0.717) is 10.9 Å². The Kier molecular flexibility index (Phi) is 12.2. The number of ether oxygens (including phenoxy) is 2. The smallest absolute Gasteiger partial charge is 0.367 e. The van der Waals surface area contributed by atoms with E-state index < -0.39 is 6.29 Å². The molecule has 0 spiro atoms. The van der Waals surface area contributed by atoms with Gasteiger partial charge in [-0.2, -0.15) is 0 Å². The Morgan fingerprint density at radius 2 is 1.53 bits per heavy atom. The van der Waals surface area contributed by atoms with E-state index in [-0.39, 0.29) is 12.0 Å². The lowest BCUT2D eigenvalue weighted by Crippen LogP contribution is -2.52. The van der Waals surface area contributed by atoms with Gasteiger partial charge in [0, 0.05) is 12.0 Å². The second-order valence-corrected chi connectivity index (χ2v) is 10.0. The first kappa shape index (κ1) is 27.9. The Balaban J connectivity index is 1.92. The van der Waals surface area contributed by atoms with Gasteiger partial charge in [-0.15, -0.1) is 0 Å². The molecule has 0 saturated carbocycles. The molecule has 0 aliphatic rings. The average Bonchev–Trinajstić information content (AvgIpc) is 2.81. The van der Waals surface area contributed by atoms with Crippen molar-refractivity contribution < 1.29 is 18.8 Å². The lowest BCUT2D eigenvalue weighted by molar-refractivity contribution is -0.917. The van der Waals surface area contributed by atoms with Gasteiger partial charge in [0.25, 0.3) is 0 Å². The first-order chi connectivity index (χ1) is 16.4. The molecule has 0 aromatic heterocycles. The number of esters is 1. The van der Waals surface area contributed by atoms with Crippen molar-refractivity contribution >= 4 is 5.97 Å². The molecule has 2 atom stereocenters. The first-order valence-electron chi connectivity index (χ1n) is 13.2. The number of nitrogens with zero attached hydrogens (tertiary/aromatic N) is 1. The Morgan fingerprint density at radius 3 is 2.24 bits per heavy atom. The van der Waals surface area contributed by atoms with Gasteiger partial charge in [-0.3, -0.25) is 0 Å². The Morgan fingerprint density at radius 1 is 0.853 bits per heavy atom. The van der Waals surface area contributed by atoms with Crippen molar-refractivity contribution in [1.29, 1.82) is 0 Å². The van der Waals surface area contributed by atoms with E-state index in [1.165, 1.54) is 49.7 Å². The molecule has 0 radical (unpaired) electrons. The summed E-state index contributed by atoms with van der Waals surface area (Å²) in [5.74, 6) is 0.558. The van der Waals surface area contributed by atoms with Crippen LogP contribution in [-0.2, 0) is 22.5 Å². The largest absolute Gasteiger partial charge is 0.455 e. The van der Waals surface area contributed by atoms with Crippen molar-refractivity contribution in [2.75, 3.05) is 14.1 Å². The molecule has 0 saturated heterocycles. The molecule has 2 aromatic carbocycles. The normalized spacial score (nSPS) is 13.3. The van der Waals surface area contributed by atoms with E-state index in [1.54, 1.807) is 0 Å². The van der Waals surface area contributed by atoms with Crippen molar-refractivity contribution in [3.05, 3.63) is 65.7 Å². The quantitative estimate of drug-likeness (QED) is 0.112. The SMILES string of the molecule is CCCCCCCCc1cccc(OC(CCC)OC(=O)C(C)[N+](C)(C)Cc2ccccc2)c1. The topological polar surface area (TPSA) is 35.5 Å². The summed E-state index contributed by atoms with van der Waals surface area (Å²) in [5.41, 5.74) is 2.49. The summed E-state index contributed by atoms with van der Waals surface area (Å²) in [6.07, 6.45) is 9.79. The molecule has 2 rings (SSSR count). The third kappa shape index (κ3) is 9.89. The van der Waals surface area contributed by atoms with Crippen LogP contribution in [0.5, 0.6) is 5.75 Å². The van der Waals surface area contributed by atoms with Gasteiger partial charge in [-0.05, 0) is 43.9 Å². The summed E-state index contributed by atoms with van der Waals surface area (Å²) >= 11 is 0. The van der Waals surface area contributed by atoms with Gasteiger partial charge in [0.05, 0.1) is 14.1 Å². The van der Waals surface area contributed by atoms with Crippen molar-refractivity contribution in [2.45, 2.75) is 97.4 Å². The number of likely N-dealkylation sites (N-methyl/N-ethyl adjacent to an activating group) is 1. The fourth-order valence-electron chi connectivity index (χ4n) is 4.12. The predicted molar refractivity (Wildman–Crippen MR) is 141 cm³/mol. The van der Waals surface area contributed by atoms with Gasteiger partial charge in [0.15, 0.2) is 6.04 Å². The minimum atomic E-state index is -0.569. The van der Waals surface area contributed by atoms with Gasteiger partial charge in [0.2, 0.25) is 6.29 Å². The molecular weight excluding hydrogens is 422 g/mol. The molecule has 0 heterocycles. The minimum absolute atomic E-state index is 0.220. The maximum atomic E-state index is 13.1. The molecule has 34 heavy (non-hydrogen) atoms. The highest BCUT2D eigenvalue weighted by Crippen LogP contribution is 2.21.